The van der Waals surface area contributed by atoms with E-state index in [1.54, 1.807) is 31.4 Å². The van der Waals surface area contributed by atoms with Crippen LogP contribution in [0, 0.1) is 0 Å². The summed E-state index contributed by atoms with van der Waals surface area (Å²) >= 11 is 12.9. The summed E-state index contributed by atoms with van der Waals surface area (Å²) in [7, 11) is -1.91. The van der Waals surface area contributed by atoms with E-state index in [4.69, 9.17) is 28.6 Å². The molecule has 0 radical (unpaired) electrons. The van der Waals surface area contributed by atoms with Crippen molar-refractivity contribution in [1.82, 2.24) is 9.62 Å². The summed E-state index contributed by atoms with van der Waals surface area (Å²) in [6.45, 7) is 1.09. The molecule has 0 spiro atoms. The number of rotatable bonds is 5. The number of benzene rings is 2. The van der Waals surface area contributed by atoms with Crippen LogP contribution in [0.4, 0.5) is 5.69 Å². The molecule has 168 valence electrons. The number of carbonyl (C=O) groups is 1. The molecule has 2 N–H and O–H groups in total. The van der Waals surface area contributed by atoms with Crippen molar-refractivity contribution in [2.24, 2.45) is 0 Å². The maximum Gasteiger partial charge on any atom is 0.269 e. The Hall–Kier alpha value is -2.24. The van der Waals surface area contributed by atoms with Gasteiger partial charge >= 0.3 is 0 Å². The molecule has 7 nitrogen and oxygen atoms in total. The van der Waals surface area contributed by atoms with E-state index in [9.17, 15) is 13.2 Å². The first kappa shape index (κ1) is 22.9. The zero-order chi connectivity index (χ0) is 22.9. The Morgan fingerprint density at radius 1 is 1.16 bits per heavy atom. The number of nitrogens with zero attached hydrogens (tertiary/aromatic N) is 1. The Labute approximate surface area is 200 Å². The standard InChI is InChI=1S/C21H20ClN3O4S3/c1-29-14-6-9-16-17(12-14)31-19(18(16)22)20(26)24-21(30)23-13-4-7-15(8-5-13)32(27,28)25-10-2-3-11-25/h4-9,12H,2-3,10-11H2,1H3,(H2,23,24,26,30). The van der Waals surface area contributed by atoms with Crippen LogP contribution in [-0.2, 0) is 10.0 Å². The quantitative estimate of drug-likeness (QED) is 0.493. The molecule has 0 atom stereocenters. The third-order valence-electron chi connectivity index (χ3n) is 5.08. The number of hydrogen-bond donors (Lipinski definition) is 2. The summed E-state index contributed by atoms with van der Waals surface area (Å²) in [6.07, 6.45) is 1.76. The van der Waals surface area contributed by atoms with Gasteiger partial charge < -0.3 is 10.1 Å². The van der Waals surface area contributed by atoms with Crippen LogP contribution < -0.4 is 15.4 Å². The van der Waals surface area contributed by atoms with Crippen LogP contribution in [0.15, 0.2) is 47.4 Å². The first-order valence-electron chi connectivity index (χ1n) is 9.78. The number of thiocarbonyl (C=S) groups is 1. The van der Waals surface area contributed by atoms with E-state index >= 15 is 0 Å². The van der Waals surface area contributed by atoms with Gasteiger partial charge in [0.1, 0.15) is 10.6 Å². The van der Waals surface area contributed by atoms with Crippen molar-refractivity contribution in [3.05, 3.63) is 52.4 Å². The van der Waals surface area contributed by atoms with Crippen LogP contribution in [0.1, 0.15) is 22.5 Å². The lowest BCUT2D eigenvalue weighted by Crippen LogP contribution is -2.33. The number of nitrogens with one attached hydrogen (secondary N) is 2. The summed E-state index contributed by atoms with van der Waals surface area (Å²) in [5.74, 6) is 0.246. The number of sulfonamides is 1. The third kappa shape index (κ3) is 4.60. The summed E-state index contributed by atoms with van der Waals surface area (Å²) in [6, 6.07) is 11.7. The Morgan fingerprint density at radius 2 is 1.84 bits per heavy atom. The van der Waals surface area contributed by atoms with Crippen molar-refractivity contribution in [2.75, 3.05) is 25.5 Å². The molecule has 4 rings (SSSR count). The van der Waals surface area contributed by atoms with E-state index in [0.717, 1.165) is 22.9 Å². The Bertz CT molecular complexity index is 1280. The van der Waals surface area contributed by atoms with E-state index in [2.05, 4.69) is 10.6 Å². The van der Waals surface area contributed by atoms with E-state index in [1.165, 1.54) is 27.8 Å². The highest BCUT2D eigenvalue weighted by Gasteiger charge is 2.27. The van der Waals surface area contributed by atoms with Gasteiger partial charge in [0.05, 0.1) is 17.0 Å². The molecule has 1 fully saturated rings. The van der Waals surface area contributed by atoms with E-state index in [0.29, 0.717) is 34.4 Å². The van der Waals surface area contributed by atoms with Gasteiger partial charge in [-0.05, 0) is 67.5 Å². The maximum atomic E-state index is 12.7. The van der Waals surface area contributed by atoms with Crippen molar-refractivity contribution >= 4 is 72.0 Å². The summed E-state index contributed by atoms with van der Waals surface area (Å²) in [5.41, 5.74) is 0.558. The van der Waals surface area contributed by atoms with Gasteiger partial charge in [-0.15, -0.1) is 11.3 Å². The number of hydrogen-bond acceptors (Lipinski definition) is 6. The second-order valence-electron chi connectivity index (χ2n) is 7.15. The molecule has 0 aliphatic carbocycles. The van der Waals surface area contributed by atoms with Crippen molar-refractivity contribution in [3.63, 3.8) is 0 Å². The fourth-order valence-corrected chi connectivity index (χ4v) is 6.60. The molecule has 1 aromatic heterocycles. The van der Waals surface area contributed by atoms with Crippen molar-refractivity contribution < 1.29 is 17.9 Å². The molecule has 32 heavy (non-hydrogen) atoms. The van der Waals surface area contributed by atoms with Gasteiger partial charge in [-0.2, -0.15) is 4.31 Å². The zero-order valence-corrected chi connectivity index (χ0v) is 20.3. The van der Waals surface area contributed by atoms with Crippen LogP contribution in [0.25, 0.3) is 10.1 Å². The van der Waals surface area contributed by atoms with Gasteiger partial charge in [0, 0.05) is 28.9 Å². The van der Waals surface area contributed by atoms with Gasteiger partial charge in [-0.25, -0.2) is 8.42 Å². The van der Waals surface area contributed by atoms with Gasteiger partial charge in [-0.1, -0.05) is 11.6 Å². The number of methoxy groups -OCH3 is 1. The molecule has 0 bridgehead atoms. The van der Waals surface area contributed by atoms with Gasteiger partial charge in [0.15, 0.2) is 5.11 Å². The highest BCUT2D eigenvalue weighted by molar-refractivity contribution is 7.89. The zero-order valence-electron chi connectivity index (χ0n) is 17.1. The Balaban J connectivity index is 1.43. The largest absolute Gasteiger partial charge is 0.497 e. The van der Waals surface area contributed by atoms with Crippen LogP contribution in [0.5, 0.6) is 5.75 Å². The lowest BCUT2D eigenvalue weighted by Gasteiger charge is -2.16. The highest BCUT2D eigenvalue weighted by atomic mass is 35.5. The number of fused-ring (bicyclic) bond motifs is 1. The molecule has 1 aliphatic heterocycles. The molecule has 1 aliphatic rings. The fraction of sp³-hybridized carbons (Fsp3) is 0.238. The first-order chi connectivity index (χ1) is 15.3. The molecular weight excluding hydrogens is 490 g/mol. The van der Waals surface area contributed by atoms with E-state index in [1.807, 2.05) is 6.07 Å². The van der Waals surface area contributed by atoms with E-state index in [-0.39, 0.29) is 10.0 Å². The monoisotopic (exact) mass is 509 g/mol. The van der Waals surface area contributed by atoms with Crippen molar-refractivity contribution in [3.8, 4) is 5.75 Å². The summed E-state index contributed by atoms with van der Waals surface area (Å²) < 4.78 is 32.8. The lowest BCUT2D eigenvalue weighted by molar-refractivity contribution is 0.0982. The van der Waals surface area contributed by atoms with Gasteiger partial charge in [0.25, 0.3) is 5.91 Å². The van der Waals surface area contributed by atoms with Crippen LogP contribution in [0.2, 0.25) is 5.02 Å². The molecule has 0 unspecified atom stereocenters. The summed E-state index contributed by atoms with van der Waals surface area (Å²) in [5, 5.41) is 6.70. The Kier molecular flexibility index (Phi) is 6.68. The molecule has 1 amide bonds. The molecule has 2 aromatic carbocycles. The number of anilines is 1. The normalized spacial score (nSPS) is 14.4. The van der Waals surface area contributed by atoms with E-state index < -0.39 is 15.9 Å². The molecule has 11 heteroatoms. The van der Waals surface area contributed by atoms with Gasteiger partial charge in [0.2, 0.25) is 10.0 Å². The number of ether oxygens (including phenoxy) is 1. The second kappa shape index (κ2) is 9.32. The molecule has 1 saturated heterocycles. The summed E-state index contributed by atoms with van der Waals surface area (Å²) in [4.78, 5) is 13.3. The predicted molar refractivity (Wildman–Crippen MR) is 132 cm³/mol. The number of amides is 1. The number of halogens is 1. The molecule has 2 heterocycles. The smallest absolute Gasteiger partial charge is 0.269 e. The highest BCUT2D eigenvalue weighted by Crippen LogP contribution is 2.37. The molecule has 0 saturated carbocycles. The average molecular weight is 510 g/mol. The first-order valence-corrected chi connectivity index (χ1v) is 12.8. The van der Waals surface area contributed by atoms with Crippen LogP contribution in [0.3, 0.4) is 0 Å². The predicted octanol–water partition coefficient (Wildman–Crippen LogP) is 4.47. The molecule has 3 aromatic rings. The maximum absolute atomic E-state index is 12.7. The number of thiophene rings is 1. The molecular formula is C21H20ClN3O4S3. The Morgan fingerprint density at radius 3 is 2.50 bits per heavy atom. The van der Waals surface area contributed by atoms with Gasteiger partial charge in [-0.3, -0.25) is 10.1 Å². The van der Waals surface area contributed by atoms with Crippen LogP contribution in [-0.4, -0.2) is 43.9 Å². The fourth-order valence-electron chi connectivity index (χ4n) is 3.43. The third-order valence-corrected chi connectivity index (χ3v) is 8.86. The average Bonchev–Trinajstić information content (AvgIpc) is 3.43. The SMILES string of the molecule is COc1ccc2c(Cl)c(C(=O)NC(=S)Nc3ccc(S(=O)(=O)N4CCCC4)cc3)sc2c1. The number of carbonyl (C=O) groups excluding carboxylic acids is 1. The topological polar surface area (TPSA) is 87.7 Å². The van der Waals surface area contributed by atoms with Crippen molar-refractivity contribution in [2.45, 2.75) is 17.7 Å². The minimum absolute atomic E-state index is 0.0799. The minimum Gasteiger partial charge on any atom is -0.497 e. The minimum atomic E-state index is -3.48. The second-order valence-corrected chi connectivity index (χ2v) is 10.9. The van der Waals surface area contributed by atoms with Crippen molar-refractivity contribution in [1.29, 1.82) is 0 Å². The van der Waals surface area contributed by atoms with Crippen LogP contribution >= 0.6 is 35.2 Å². The lowest BCUT2D eigenvalue weighted by atomic mass is 10.2.